The minimum absolute atomic E-state index is 0.114. The van der Waals surface area contributed by atoms with E-state index in [4.69, 9.17) is 5.73 Å². The average molecular weight is 311 g/mol. The molecule has 112 valence electrons. The largest absolute Gasteiger partial charge is 0.399 e. The van der Waals surface area contributed by atoms with Crippen molar-refractivity contribution in [3.8, 4) is 0 Å². The van der Waals surface area contributed by atoms with Crippen molar-refractivity contribution in [3.05, 3.63) is 46.3 Å². The number of benzene rings is 1. The summed E-state index contributed by atoms with van der Waals surface area (Å²) in [5.41, 5.74) is 5.61. The standard InChI is InChI=1S/C11H13N5O4S/c1-7(8-5-13-14-6-8)15-21(19,20)11-3-2-9(12)4-10(11)16(17)18/h2-7,15H,12H2,1H3,(H,13,14). The molecule has 0 saturated heterocycles. The van der Waals surface area contributed by atoms with Crippen molar-refractivity contribution < 1.29 is 13.3 Å². The second kappa shape index (κ2) is 5.50. The van der Waals surface area contributed by atoms with Crippen molar-refractivity contribution in [1.29, 1.82) is 0 Å². The Labute approximate surface area is 120 Å². The number of rotatable bonds is 5. The van der Waals surface area contributed by atoms with Crippen LogP contribution < -0.4 is 10.5 Å². The number of hydrogen-bond acceptors (Lipinski definition) is 6. The summed E-state index contributed by atoms with van der Waals surface area (Å²) in [4.78, 5) is 9.76. The molecular weight excluding hydrogens is 298 g/mol. The number of sulfonamides is 1. The summed E-state index contributed by atoms with van der Waals surface area (Å²) in [6, 6.07) is 2.82. The summed E-state index contributed by atoms with van der Waals surface area (Å²) in [6.07, 6.45) is 3.00. The Morgan fingerprint density at radius 1 is 1.48 bits per heavy atom. The van der Waals surface area contributed by atoms with Crippen LogP contribution in [-0.4, -0.2) is 23.5 Å². The van der Waals surface area contributed by atoms with Gasteiger partial charge in [-0.05, 0) is 19.1 Å². The zero-order chi connectivity index (χ0) is 15.6. The molecular formula is C11H13N5O4S. The molecule has 0 aliphatic heterocycles. The highest BCUT2D eigenvalue weighted by Crippen LogP contribution is 2.27. The van der Waals surface area contributed by atoms with E-state index in [9.17, 15) is 18.5 Å². The van der Waals surface area contributed by atoms with E-state index in [1.54, 1.807) is 6.92 Å². The van der Waals surface area contributed by atoms with Gasteiger partial charge in [-0.2, -0.15) is 5.10 Å². The first-order chi connectivity index (χ1) is 9.81. The number of nitro groups is 1. The molecule has 0 bridgehead atoms. The maximum absolute atomic E-state index is 12.3. The van der Waals surface area contributed by atoms with Gasteiger partial charge in [0.25, 0.3) is 5.69 Å². The minimum Gasteiger partial charge on any atom is -0.399 e. The topological polar surface area (TPSA) is 144 Å². The van der Waals surface area contributed by atoms with Gasteiger partial charge >= 0.3 is 0 Å². The normalized spacial score (nSPS) is 13.0. The summed E-state index contributed by atoms with van der Waals surface area (Å²) >= 11 is 0. The lowest BCUT2D eigenvalue weighted by molar-refractivity contribution is -0.387. The molecule has 9 nitrogen and oxygen atoms in total. The first-order valence-corrected chi connectivity index (χ1v) is 7.34. The predicted molar refractivity (Wildman–Crippen MR) is 74.8 cm³/mol. The van der Waals surface area contributed by atoms with Crippen LogP contribution >= 0.6 is 0 Å². The number of nitrogens with zero attached hydrogens (tertiary/aromatic N) is 2. The van der Waals surface area contributed by atoms with Crippen molar-refractivity contribution in [1.82, 2.24) is 14.9 Å². The molecule has 0 radical (unpaired) electrons. The van der Waals surface area contributed by atoms with Crippen molar-refractivity contribution in [3.63, 3.8) is 0 Å². The molecule has 2 rings (SSSR count). The number of hydrogen-bond donors (Lipinski definition) is 3. The van der Waals surface area contributed by atoms with Gasteiger partial charge in [-0.25, -0.2) is 13.1 Å². The molecule has 21 heavy (non-hydrogen) atoms. The highest BCUT2D eigenvalue weighted by Gasteiger charge is 2.27. The second-order valence-corrected chi connectivity index (χ2v) is 6.04. The van der Waals surface area contributed by atoms with Gasteiger partial charge in [0, 0.05) is 29.6 Å². The molecule has 0 saturated carbocycles. The zero-order valence-electron chi connectivity index (χ0n) is 11.0. The molecule has 0 aliphatic rings. The van der Waals surface area contributed by atoms with E-state index in [2.05, 4.69) is 14.9 Å². The Balaban J connectivity index is 2.38. The molecule has 1 heterocycles. The first kappa shape index (κ1) is 14.9. The van der Waals surface area contributed by atoms with E-state index in [1.807, 2.05) is 0 Å². The summed E-state index contributed by atoms with van der Waals surface area (Å²) < 4.78 is 26.9. The Morgan fingerprint density at radius 2 is 2.19 bits per heavy atom. The van der Waals surface area contributed by atoms with Crippen LogP contribution in [0.5, 0.6) is 0 Å². The molecule has 1 aromatic carbocycles. The van der Waals surface area contributed by atoms with Gasteiger partial charge in [-0.1, -0.05) is 0 Å². The fourth-order valence-corrected chi connectivity index (χ4v) is 3.15. The molecule has 1 unspecified atom stereocenters. The summed E-state index contributed by atoms with van der Waals surface area (Å²) in [5.74, 6) is 0. The lowest BCUT2D eigenvalue weighted by Gasteiger charge is -2.13. The number of aromatic amines is 1. The third kappa shape index (κ3) is 3.17. The molecule has 1 aromatic heterocycles. The van der Waals surface area contributed by atoms with E-state index in [0.29, 0.717) is 5.56 Å². The summed E-state index contributed by atoms with van der Waals surface area (Å²) in [6.45, 7) is 1.60. The van der Waals surface area contributed by atoms with Crippen LogP contribution in [0, 0.1) is 10.1 Å². The van der Waals surface area contributed by atoms with Gasteiger partial charge < -0.3 is 5.73 Å². The van der Waals surface area contributed by atoms with Gasteiger partial charge in [0.15, 0.2) is 4.90 Å². The van der Waals surface area contributed by atoms with Crippen LogP contribution in [0.1, 0.15) is 18.5 Å². The molecule has 0 spiro atoms. The van der Waals surface area contributed by atoms with E-state index in [0.717, 1.165) is 12.1 Å². The van der Waals surface area contributed by atoms with Gasteiger partial charge in [0.05, 0.1) is 11.1 Å². The van der Waals surface area contributed by atoms with E-state index in [-0.39, 0.29) is 5.69 Å². The van der Waals surface area contributed by atoms with Crippen LogP contribution in [0.3, 0.4) is 0 Å². The summed E-state index contributed by atoms with van der Waals surface area (Å²) in [5, 5.41) is 17.3. The monoisotopic (exact) mass is 311 g/mol. The van der Waals surface area contributed by atoms with Crippen LogP contribution in [0.15, 0.2) is 35.5 Å². The highest BCUT2D eigenvalue weighted by molar-refractivity contribution is 7.89. The van der Waals surface area contributed by atoms with Gasteiger partial charge in [-0.15, -0.1) is 0 Å². The number of nitrogens with two attached hydrogens (primary N) is 1. The molecule has 0 fully saturated rings. The number of H-pyrrole nitrogens is 1. The van der Waals surface area contributed by atoms with Crippen molar-refractivity contribution in [2.24, 2.45) is 0 Å². The third-order valence-corrected chi connectivity index (χ3v) is 4.41. The van der Waals surface area contributed by atoms with E-state index >= 15 is 0 Å². The smallest absolute Gasteiger partial charge is 0.291 e. The predicted octanol–water partition coefficient (Wildman–Crippen LogP) is 0.940. The van der Waals surface area contributed by atoms with Crippen LogP contribution in [0.25, 0.3) is 0 Å². The van der Waals surface area contributed by atoms with Gasteiger partial charge in [0.2, 0.25) is 10.0 Å². The maximum atomic E-state index is 12.3. The van der Waals surface area contributed by atoms with Crippen LogP contribution in [0.4, 0.5) is 11.4 Å². The summed E-state index contributed by atoms with van der Waals surface area (Å²) in [7, 11) is -4.07. The fraction of sp³-hybridized carbons (Fsp3) is 0.182. The Morgan fingerprint density at radius 3 is 2.76 bits per heavy atom. The van der Waals surface area contributed by atoms with E-state index in [1.165, 1.54) is 18.5 Å². The molecule has 4 N–H and O–H groups in total. The van der Waals surface area contributed by atoms with Gasteiger partial charge in [0.1, 0.15) is 0 Å². The SMILES string of the molecule is CC(NS(=O)(=O)c1ccc(N)cc1[N+](=O)[O-])c1cn[nH]c1. The molecule has 1 atom stereocenters. The molecule has 10 heteroatoms. The Hall–Kier alpha value is -2.46. The van der Waals surface area contributed by atoms with Gasteiger partial charge in [-0.3, -0.25) is 15.2 Å². The average Bonchev–Trinajstić information content (AvgIpc) is 2.91. The zero-order valence-corrected chi connectivity index (χ0v) is 11.8. The number of nitrogens with one attached hydrogen (secondary N) is 2. The fourth-order valence-electron chi connectivity index (χ4n) is 1.77. The van der Waals surface area contributed by atoms with E-state index < -0.39 is 31.6 Å². The first-order valence-electron chi connectivity index (χ1n) is 5.86. The number of nitrogen functional groups attached to an aromatic ring is 1. The van der Waals surface area contributed by atoms with Crippen molar-refractivity contribution in [2.45, 2.75) is 17.9 Å². The molecule has 2 aromatic rings. The van der Waals surface area contributed by atoms with Crippen molar-refractivity contribution >= 4 is 21.4 Å². The number of nitro benzene ring substituents is 1. The lowest BCUT2D eigenvalue weighted by Crippen LogP contribution is -2.27. The molecule has 0 amide bonds. The number of aromatic nitrogens is 2. The highest BCUT2D eigenvalue weighted by atomic mass is 32.2. The molecule has 0 aliphatic carbocycles. The Bertz CT molecular complexity index is 757. The maximum Gasteiger partial charge on any atom is 0.291 e. The Kier molecular flexibility index (Phi) is 3.91. The second-order valence-electron chi connectivity index (χ2n) is 4.36. The van der Waals surface area contributed by atoms with Crippen LogP contribution in [0.2, 0.25) is 0 Å². The van der Waals surface area contributed by atoms with Crippen molar-refractivity contribution in [2.75, 3.05) is 5.73 Å². The minimum atomic E-state index is -4.07. The number of anilines is 1. The lowest BCUT2D eigenvalue weighted by atomic mass is 10.2. The third-order valence-electron chi connectivity index (χ3n) is 2.82. The van der Waals surface area contributed by atoms with Crippen LogP contribution in [-0.2, 0) is 10.0 Å². The quantitative estimate of drug-likeness (QED) is 0.426.